The van der Waals surface area contributed by atoms with Gasteiger partial charge in [-0.2, -0.15) is 13.2 Å². The molecular weight excluding hydrogens is 639 g/mol. The minimum atomic E-state index is -5.08. The molecule has 3 atom stereocenters. The second-order valence-electron chi connectivity index (χ2n) is 10.0. The number of carbonyl (C=O) groups excluding carboxylic acids is 4. The molecule has 0 aliphatic heterocycles. The highest BCUT2D eigenvalue weighted by atomic mass is 19.4. The monoisotopic (exact) mass is 677 g/mol. The lowest BCUT2D eigenvalue weighted by atomic mass is 9.95. The Kier molecular flexibility index (Phi) is 16.3. The molecule has 0 aliphatic rings. The molecule has 4 amide bonds. The number of guanidine groups is 1. The summed E-state index contributed by atoms with van der Waals surface area (Å²) in [6.45, 7) is 4.00. The zero-order chi connectivity index (χ0) is 36.4. The number of amidine groups is 1. The summed E-state index contributed by atoms with van der Waals surface area (Å²) in [5.41, 5.74) is 17.8. The average molecular weight is 678 g/mol. The molecule has 0 saturated heterocycles. The number of alkyl halides is 3. The number of aliphatic carboxylic acids is 1. The van der Waals surface area contributed by atoms with Gasteiger partial charge >= 0.3 is 12.1 Å². The van der Waals surface area contributed by atoms with Crippen LogP contribution < -0.4 is 38.5 Å². The number of hydrogen-bond acceptors (Lipinski definition) is 7. The van der Waals surface area contributed by atoms with Gasteiger partial charge in [-0.05, 0) is 30.4 Å². The third-order valence-corrected chi connectivity index (χ3v) is 6.33. The van der Waals surface area contributed by atoms with Crippen molar-refractivity contribution in [2.75, 3.05) is 13.1 Å². The van der Waals surface area contributed by atoms with Crippen LogP contribution in [-0.4, -0.2) is 71.8 Å². The molecule has 2 unspecified atom stereocenters. The maximum atomic E-state index is 13.5. The van der Waals surface area contributed by atoms with Gasteiger partial charge in [-0.1, -0.05) is 60.7 Å². The topological polar surface area (TPSA) is 279 Å². The standard InChI is InChI=1S/C28H37N9O4.C2HF3O2/c1-2-14-34-25(39)20(16-17-10-12-19(13-11-17)23(29)30)26(40)37-22(18-7-4-3-5-8-18)27(41)36-21(24(31)38)9-6-15-35-28(32)33;3-2(4,5)1(6)7/h2-5,7-8,10-13,20-22H,1,6,9,14-16H2,(H3,29,30)(H2,31,38)(H,34,39)(H,36,41)(H,37,40)(H4,32,33,35);(H,6,7)/t20?,21?,22-;/m0./s1. The van der Waals surface area contributed by atoms with Gasteiger partial charge in [-0.3, -0.25) is 30.0 Å². The number of nitrogen functional groups attached to an aromatic ring is 1. The van der Waals surface area contributed by atoms with Crippen LogP contribution in [0.3, 0.4) is 0 Å². The number of amides is 4. The number of benzene rings is 2. The summed E-state index contributed by atoms with van der Waals surface area (Å²) in [4.78, 5) is 60.9. The Labute approximate surface area is 273 Å². The number of rotatable bonds is 16. The highest BCUT2D eigenvalue weighted by Crippen LogP contribution is 2.18. The summed E-state index contributed by atoms with van der Waals surface area (Å²) < 4.78 is 31.7. The highest BCUT2D eigenvalue weighted by Gasteiger charge is 2.38. The molecule has 0 heterocycles. The minimum Gasteiger partial charge on any atom is -0.475 e. The van der Waals surface area contributed by atoms with E-state index in [2.05, 4.69) is 27.8 Å². The fourth-order valence-electron chi connectivity index (χ4n) is 3.91. The Bertz CT molecular complexity index is 1450. The van der Waals surface area contributed by atoms with Crippen molar-refractivity contribution in [2.24, 2.45) is 23.1 Å². The molecule has 2 aromatic carbocycles. The Morgan fingerprint density at radius 1 is 0.875 bits per heavy atom. The lowest BCUT2D eigenvalue weighted by Gasteiger charge is -2.24. The normalized spacial score (nSPS) is 12.4. The summed E-state index contributed by atoms with van der Waals surface area (Å²) in [5, 5.41) is 32.4. The van der Waals surface area contributed by atoms with Crippen molar-refractivity contribution in [3.63, 3.8) is 0 Å². The Balaban J connectivity index is 0.00000148. The lowest BCUT2D eigenvalue weighted by Crippen LogP contribution is -2.51. The van der Waals surface area contributed by atoms with E-state index in [0.29, 0.717) is 29.7 Å². The van der Waals surface area contributed by atoms with E-state index in [1.54, 1.807) is 54.6 Å². The molecule has 0 radical (unpaired) electrons. The third kappa shape index (κ3) is 14.4. The summed E-state index contributed by atoms with van der Waals surface area (Å²) >= 11 is 0. The van der Waals surface area contributed by atoms with E-state index in [1.165, 1.54) is 6.08 Å². The first kappa shape index (κ1) is 40.1. The molecule has 2 rings (SSSR count). The van der Waals surface area contributed by atoms with E-state index in [4.69, 9.17) is 37.9 Å². The van der Waals surface area contributed by atoms with Gasteiger partial charge in [-0.15, -0.1) is 6.58 Å². The number of carboxylic acids is 1. The van der Waals surface area contributed by atoms with Crippen molar-refractivity contribution in [3.8, 4) is 0 Å². The van der Waals surface area contributed by atoms with E-state index >= 15 is 0 Å². The Morgan fingerprint density at radius 3 is 1.94 bits per heavy atom. The maximum absolute atomic E-state index is 13.5. The molecule has 2 aromatic rings. The number of nitrogens with two attached hydrogens (primary N) is 3. The Morgan fingerprint density at radius 2 is 1.46 bits per heavy atom. The summed E-state index contributed by atoms with van der Waals surface area (Å²) in [7, 11) is 0. The van der Waals surface area contributed by atoms with Crippen molar-refractivity contribution in [1.29, 1.82) is 10.8 Å². The molecule has 18 heteroatoms. The maximum Gasteiger partial charge on any atom is 0.490 e. The van der Waals surface area contributed by atoms with Gasteiger partial charge < -0.3 is 43.6 Å². The molecule has 0 aliphatic carbocycles. The molecule has 0 fully saturated rings. The van der Waals surface area contributed by atoms with Crippen molar-refractivity contribution in [1.82, 2.24) is 21.3 Å². The van der Waals surface area contributed by atoms with Crippen molar-refractivity contribution in [2.45, 2.75) is 37.5 Å². The summed E-state index contributed by atoms with van der Waals surface area (Å²) in [6, 6.07) is 12.6. The van der Waals surface area contributed by atoms with Crippen LogP contribution >= 0.6 is 0 Å². The van der Waals surface area contributed by atoms with Crippen LogP contribution in [-0.2, 0) is 30.4 Å². The average Bonchev–Trinajstić information content (AvgIpc) is 3.02. The van der Waals surface area contributed by atoms with E-state index in [0.717, 1.165) is 0 Å². The van der Waals surface area contributed by atoms with E-state index in [-0.39, 0.29) is 31.2 Å². The zero-order valence-electron chi connectivity index (χ0n) is 25.6. The van der Waals surface area contributed by atoms with Crippen LogP contribution in [0.4, 0.5) is 13.2 Å². The van der Waals surface area contributed by atoms with Gasteiger partial charge in [0, 0.05) is 18.7 Å². The number of carboxylic acid groups (broad SMARTS) is 1. The number of nitrogens with one attached hydrogen (secondary N) is 6. The van der Waals surface area contributed by atoms with Crippen LogP contribution in [0.15, 0.2) is 67.3 Å². The molecule has 48 heavy (non-hydrogen) atoms. The summed E-state index contributed by atoms with van der Waals surface area (Å²) in [6.07, 6.45) is -3.06. The quantitative estimate of drug-likeness (QED) is 0.0380. The van der Waals surface area contributed by atoms with E-state index in [1.807, 2.05) is 0 Å². The van der Waals surface area contributed by atoms with E-state index < -0.39 is 53.8 Å². The molecule has 0 aromatic heterocycles. The fraction of sp³-hybridized carbons (Fsp3) is 0.300. The number of primary amides is 1. The summed E-state index contributed by atoms with van der Waals surface area (Å²) in [5.74, 6) is -7.06. The molecular formula is C30H38F3N9O6. The minimum absolute atomic E-state index is 0.00316. The van der Waals surface area contributed by atoms with Crippen LogP contribution in [0.2, 0.25) is 0 Å². The van der Waals surface area contributed by atoms with E-state index in [9.17, 15) is 32.3 Å². The molecule has 260 valence electrons. The second-order valence-corrected chi connectivity index (χ2v) is 10.0. The molecule has 13 N–H and O–H groups in total. The molecule has 15 nitrogen and oxygen atoms in total. The number of carbonyl (C=O) groups is 5. The van der Waals surface area contributed by atoms with Gasteiger partial charge in [0.05, 0.1) is 0 Å². The fourth-order valence-corrected chi connectivity index (χ4v) is 3.91. The third-order valence-electron chi connectivity index (χ3n) is 6.33. The van der Waals surface area contributed by atoms with Gasteiger partial charge in [0.1, 0.15) is 23.8 Å². The second kappa shape index (κ2) is 19.5. The Hall–Kier alpha value is -5.94. The number of halogens is 3. The van der Waals surface area contributed by atoms with Crippen LogP contribution in [0.25, 0.3) is 0 Å². The van der Waals surface area contributed by atoms with Crippen LogP contribution in [0.5, 0.6) is 0 Å². The van der Waals surface area contributed by atoms with Crippen molar-refractivity contribution in [3.05, 3.63) is 83.9 Å². The zero-order valence-corrected chi connectivity index (χ0v) is 25.6. The predicted molar refractivity (Wildman–Crippen MR) is 169 cm³/mol. The first-order valence-electron chi connectivity index (χ1n) is 14.1. The van der Waals surface area contributed by atoms with Crippen LogP contribution in [0, 0.1) is 16.7 Å². The predicted octanol–water partition coefficient (Wildman–Crippen LogP) is 0.156. The molecule has 0 bridgehead atoms. The first-order chi connectivity index (χ1) is 22.5. The van der Waals surface area contributed by atoms with Crippen molar-refractivity contribution < 1.29 is 42.3 Å². The van der Waals surface area contributed by atoms with Gasteiger partial charge in [0.25, 0.3) is 0 Å². The smallest absolute Gasteiger partial charge is 0.475 e. The lowest BCUT2D eigenvalue weighted by molar-refractivity contribution is -0.192. The SMILES string of the molecule is C=CCNC(=O)C(Cc1ccc(C(=N)N)cc1)C(=O)N[C@H](C(=O)NC(CCCNC(=N)N)C(N)=O)c1ccccc1.O=C(O)C(F)(F)F. The van der Waals surface area contributed by atoms with Gasteiger partial charge in [0.2, 0.25) is 23.6 Å². The molecule has 0 spiro atoms. The van der Waals surface area contributed by atoms with Crippen molar-refractivity contribution >= 4 is 41.4 Å². The molecule has 0 saturated carbocycles. The highest BCUT2D eigenvalue weighted by molar-refractivity contribution is 6.02. The van der Waals surface area contributed by atoms with Gasteiger partial charge in [0.15, 0.2) is 5.96 Å². The largest absolute Gasteiger partial charge is 0.490 e. The first-order valence-corrected chi connectivity index (χ1v) is 14.1. The van der Waals surface area contributed by atoms with Gasteiger partial charge in [-0.25, -0.2) is 4.79 Å². The van der Waals surface area contributed by atoms with Crippen LogP contribution in [0.1, 0.15) is 35.6 Å². The number of hydrogen-bond donors (Lipinski definition) is 10.